The fraction of sp³-hybridized carbons (Fsp3) is 0.400. The van der Waals surface area contributed by atoms with Crippen LogP contribution in [-0.2, 0) is 16.8 Å². The van der Waals surface area contributed by atoms with Crippen molar-refractivity contribution in [3.63, 3.8) is 0 Å². The number of aromatic nitrogens is 2. The van der Waals surface area contributed by atoms with Crippen molar-refractivity contribution in [1.82, 2.24) is 13.9 Å². The quantitative estimate of drug-likeness (QED) is 0.279. The molecule has 3 aromatic rings. The number of pyridine rings is 2. The SMILES string of the molecule is CC(C)CCn1c(=O)c(C2=NS(O)(O)c3cc(NS(=O)(=O)N4CCCCC4)ccc3N2)c(O)c2cccnc21. The van der Waals surface area contributed by atoms with Gasteiger partial charge in [0.05, 0.1) is 16.8 Å². The second-order valence-corrected chi connectivity index (χ2v) is 13.4. The van der Waals surface area contributed by atoms with Gasteiger partial charge >= 0.3 is 10.2 Å². The standard InChI is InChI=1S/C25H32N6O6S2/c1-16(2)10-14-31-24-18(7-6-11-26-24)22(32)21(25(31)33)23-27-19-9-8-17(15-20(19)38(34,35)29-23)28-39(36,37)30-12-4-3-5-13-30/h6-9,11,15-16,28,32,34-35H,3-5,10,12-14H2,1-2H3,(H,27,29). The maximum atomic E-state index is 13.6. The van der Waals surface area contributed by atoms with Gasteiger partial charge < -0.3 is 10.4 Å². The number of hydrogen-bond acceptors (Lipinski definition) is 9. The number of nitrogens with zero attached hydrogens (tertiary/aromatic N) is 4. The van der Waals surface area contributed by atoms with E-state index in [0.717, 1.165) is 19.3 Å². The highest BCUT2D eigenvalue weighted by Crippen LogP contribution is 2.56. The lowest BCUT2D eigenvalue weighted by atomic mass is 10.1. The highest BCUT2D eigenvalue weighted by molar-refractivity contribution is 8.23. The van der Waals surface area contributed by atoms with Gasteiger partial charge in [0.2, 0.25) is 0 Å². The zero-order valence-electron chi connectivity index (χ0n) is 21.7. The maximum Gasteiger partial charge on any atom is 0.301 e. The molecule has 14 heteroatoms. The molecular formula is C25H32N6O6S2. The van der Waals surface area contributed by atoms with Crippen LogP contribution in [0.1, 0.15) is 45.1 Å². The third-order valence-corrected chi connectivity index (χ3v) is 9.71. The number of aryl methyl sites for hydroxylation is 1. The minimum Gasteiger partial charge on any atom is -0.506 e. The molecule has 12 nitrogen and oxygen atoms in total. The van der Waals surface area contributed by atoms with E-state index < -0.39 is 26.5 Å². The Morgan fingerprint density at radius 2 is 1.90 bits per heavy atom. The van der Waals surface area contributed by atoms with Crippen LogP contribution in [0.15, 0.2) is 50.6 Å². The molecule has 2 aliphatic rings. The summed E-state index contributed by atoms with van der Waals surface area (Å²) in [7, 11) is -7.68. The third-order valence-electron chi connectivity index (χ3n) is 6.81. The Morgan fingerprint density at radius 3 is 2.62 bits per heavy atom. The van der Waals surface area contributed by atoms with Gasteiger partial charge in [0.15, 0.2) is 5.84 Å². The fourth-order valence-corrected chi connectivity index (χ4v) is 7.22. The van der Waals surface area contributed by atoms with E-state index in [4.69, 9.17) is 0 Å². The number of fused-ring (bicyclic) bond motifs is 2. The highest BCUT2D eigenvalue weighted by Gasteiger charge is 2.32. The van der Waals surface area contributed by atoms with Gasteiger partial charge in [0.1, 0.15) is 21.9 Å². The molecule has 0 amide bonds. The van der Waals surface area contributed by atoms with Crippen molar-refractivity contribution in [3.05, 3.63) is 52.4 Å². The van der Waals surface area contributed by atoms with Crippen molar-refractivity contribution in [2.45, 2.75) is 51.0 Å². The Morgan fingerprint density at radius 1 is 1.15 bits per heavy atom. The molecule has 0 saturated carbocycles. The molecule has 210 valence electrons. The number of benzene rings is 1. The Bertz CT molecular complexity index is 1610. The van der Waals surface area contributed by atoms with E-state index >= 15 is 0 Å². The molecule has 1 aromatic carbocycles. The summed E-state index contributed by atoms with van der Waals surface area (Å²) < 4.78 is 57.0. The number of aromatic hydroxyl groups is 1. The summed E-state index contributed by atoms with van der Waals surface area (Å²) in [4.78, 5) is 17.9. The van der Waals surface area contributed by atoms with E-state index in [2.05, 4.69) is 19.4 Å². The number of piperidine rings is 1. The zero-order chi connectivity index (χ0) is 27.9. The van der Waals surface area contributed by atoms with Crippen LogP contribution in [0.25, 0.3) is 11.0 Å². The van der Waals surface area contributed by atoms with Crippen LogP contribution in [0, 0.1) is 5.92 Å². The average Bonchev–Trinajstić information content (AvgIpc) is 2.89. The lowest BCUT2D eigenvalue weighted by molar-refractivity contribution is 0.349. The largest absolute Gasteiger partial charge is 0.506 e. The lowest BCUT2D eigenvalue weighted by Gasteiger charge is -2.34. The third kappa shape index (κ3) is 5.34. The van der Waals surface area contributed by atoms with Crippen molar-refractivity contribution in [2.75, 3.05) is 23.1 Å². The van der Waals surface area contributed by atoms with Crippen LogP contribution in [0.4, 0.5) is 11.4 Å². The molecule has 1 fully saturated rings. The van der Waals surface area contributed by atoms with E-state index in [1.54, 1.807) is 12.1 Å². The molecule has 1 saturated heterocycles. The molecule has 4 heterocycles. The van der Waals surface area contributed by atoms with Crippen molar-refractivity contribution >= 4 is 49.2 Å². The average molecular weight is 577 g/mol. The molecule has 0 bridgehead atoms. The van der Waals surface area contributed by atoms with Crippen molar-refractivity contribution in [2.24, 2.45) is 10.3 Å². The van der Waals surface area contributed by atoms with Gasteiger partial charge in [0, 0.05) is 25.8 Å². The van der Waals surface area contributed by atoms with Crippen LogP contribution >= 0.6 is 10.8 Å². The van der Waals surface area contributed by atoms with Gasteiger partial charge in [-0.1, -0.05) is 31.0 Å². The Kier molecular flexibility index (Phi) is 7.33. The normalized spacial score (nSPS) is 18.3. The summed E-state index contributed by atoms with van der Waals surface area (Å²) >= 11 is 0. The molecule has 2 aromatic heterocycles. The van der Waals surface area contributed by atoms with Gasteiger partial charge in [-0.3, -0.25) is 23.2 Å². The highest BCUT2D eigenvalue weighted by atomic mass is 32.3. The summed E-state index contributed by atoms with van der Waals surface area (Å²) in [5.41, 5.74) is -0.0940. The van der Waals surface area contributed by atoms with E-state index in [-0.39, 0.29) is 33.4 Å². The minimum atomic E-state index is -3.87. The second-order valence-electron chi connectivity index (χ2n) is 10.1. The Labute approximate surface area is 228 Å². The molecule has 0 unspecified atom stereocenters. The molecule has 2 aliphatic heterocycles. The molecule has 5 N–H and O–H groups in total. The van der Waals surface area contributed by atoms with Gasteiger partial charge in [0.25, 0.3) is 5.56 Å². The number of nitrogens with one attached hydrogen (secondary N) is 2. The summed E-state index contributed by atoms with van der Waals surface area (Å²) in [6, 6.07) is 7.53. The van der Waals surface area contributed by atoms with Gasteiger partial charge in [-0.25, -0.2) is 4.98 Å². The first-order chi connectivity index (χ1) is 18.5. The van der Waals surface area contributed by atoms with Crippen LogP contribution in [0.5, 0.6) is 5.75 Å². The van der Waals surface area contributed by atoms with Crippen molar-refractivity contribution < 1.29 is 22.6 Å². The predicted octanol–water partition coefficient (Wildman–Crippen LogP) is 4.19. The topological polar surface area (TPSA) is 169 Å². The smallest absolute Gasteiger partial charge is 0.301 e. The van der Waals surface area contributed by atoms with Gasteiger partial charge in [-0.2, -0.15) is 12.7 Å². The number of amidine groups is 1. The molecular weight excluding hydrogens is 544 g/mol. The molecule has 0 atom stereocenters. The molecule has 0 radical (unpaired) electrons. The van der Waals surface area contributed by atoms with Crippen molar-refractivity contribution in [1.29, 1.82) is 0 Å². The van der Waals surface area contributed by atoms with Crippen LogP contribution in [0.3, 0.4) is 0 Å². The summed E-state index contributed by atoms with van der Waals surface area (Å²) in [6.07, 6.45) is 4.76. The second kappa shape index (κ2) is 10.4. The number of hydrogen-bond donors (Lipinski definition) is 5. The van der Waals surface area contributed by atoms with E-state index in [1.165, 1.54) is 33.3 Å². The van der Waals surface area contributed by atoms with Crippen LogP contribution < -0.4 is 15.6 Å². The number of rotatable bonds is 7. The molecule has 5 rings (SSSR count). The Hall–Kier alpha value is -3.17. The lowest BCUT2D eigenvalue weighted by Crippen LogP contribution is -2.39. The maximum absolute atomic E-state index is 13.6. The first-order valence-electron chi connectivity index (χ1n) is 12.8. The zero-order valence-corrected chi connectivity index (χ0v) is 23.3. The first-order valence-corrected chi connectivity index (χ1v) is 15.7. The molecule has 0 spiro atoms. The fourth-order valence-electron chi connectivity index (χ4n) is 4.74. The summed E-state index contributed by atoms with van der Waals surface area (Å²) in [6.45, 7) is 5.25. The van der Waals surface area contributed by atoms with E-state index in [9.17, 15) is 27.4 Å². The van der Waals surface area contributed by atoms with E-state index in [0.29, 0.717) is 43.0 Å². The molecule has 0 aliphatic carbocycles. The van der Waals surface area contributed by atoms with Crippen molar-refractivity contribution in [3.8, 4) is 5.75 Å². The minimum absolute atomic E-state index is 0.0350. The van der Waals surface area contributed by atoms with E-state index in [1.807, 2.05) is 13.8 Å². The molecule has 39 heavy (non-hydrogen) atoms. The summed E-state index contributed by atoms with van der Waals surface area (Å²) in [5, 5.41) is 14.3. The summed E-state index contributed by atoms with van der Waals surface area (Å²) in [5.74, 6) is -0.270. The Balaban J connectivity index is 1.53. The van der Waals surface area contributed by atoms with Gasteiger partial charge in [-0.15, -0.1) is 4.40 Å². The predicted molar refractivity (Wildman–Crippen MR) is 153 cm³/mol. The van der Waals surface area contributed by atoms with Gasteiger partial charge in [-0.05, 0) is 55.5 Å². The number of anilines is 2. The monoisotopic (exact) mass is 576 g/mol. The van der Waals surface area contributed by atoms with Crippen LogP contribution in [-0.4, -0.2) is 55.4 Å². The first kappa shape index (κ1) is 27.4. The van der Waals surface area contributed by atoms with Crippen LogP contribution in [0.2, 0.25) is 0 Å².